The number of thiazole rings is 1. The van der Waals surface area contributed by atoms with E-state index in [0.717, 1.165) is 14.7 Å². The molecular formula is C9H8N2O2S2. The summed E-state index contributed by atoms with van der Waals surface area (Å²) < 4.78 is 0.880. The Balaban J connectivity index is 2.05. The monoisotopic (exact) mass is 240 g/mol. The number of aliphatic carboxylic acids is 1. The average Bonchev–Trinajstić information content (AvgIpc) is 2.59. The summed E-state index contributed by atoms with van der Waals surface area (Å²) in [6.45, 7) is 0. The predicted octanol–water partition coefficient (Wildman–Crippen LogP) is 2.26. The first-order valence-corrected chi connectivity index (χ1v) is 6.12. The van der Waals surface area contributed by atoms with E-state index < -0.39 is 5.97 Å². The first-order chi connectivity index (χ1) is 7.25. The van der Waals surface area contributed by atoms with Crippen LogP contribution in [0.4, 0.5) is 0 Å². The van der Waals surface area contributed by atoms with Crippen LogP contribution in [0.1, 0.15) is 6.42 Å². The quantitative estimate of drug-likeness (QED) is 0.830. The van der Waals surface area contributed by atoms with Gasteiger partial charge in [-0.1, -0.05) is 23.1 Å². The molecule has 1 N–H and O–H groups in total. The van der Waals surface area contributed by atoms with E-state index in [-0.39, 0.29) is 6.42 Å². The fraction of sp³-hybridized carbons (Fsp3) is 0.222. The van der Waals surface area contributed by atoms with Crippen LogP contribution in [-0.4, -0.2) is 26.8 Å². The molecule has 0 aliphatic heterocycles. The van der Waals surface area contributed by atoms with E-state index in [1.807, 2.05) is 12.1 Å². The van der Waals surface area contributed by atoms with Crippen LogP contribution in [0.2, 0.25) is 0 Å². The predicted molar refractivity (Wildman–Crippen MR) is 60.4 cm³/mol. The Bertz CT molecular complexity index is 451. The van der Waals surface area contributed by atoms with E-state index in [1.54, 1.807) is 6.20 Å². The van der Waals surface area contributed by atoms with Gasteiger partial charge in [0.1, 0.15) is 10.3 Å². The van der Waals surface area contributed by atoms with E-state index in [4.69, 9.17) is 5.11 Å². The summed E-state index contributed by atoms with van der Waals surface area (Å²) in [6, 6.07) is 3.74. The number of nitrogens with zero attached hydrogens (tertiary/aromatic N) is 2. The molecule has 0 radical (unpaired) electrons. The molecule has 0 aromatic carbocycles. The van der Waals surface area contributed by atoms with Crippen molar-refractivity contribution in [1.82, 2.24) is 9.97 Å². The third kappa shape index (κ3) is 2.66. The second-order valence-electron chi connectivity index (χ2n) is 2.80. The number of thioether (sulfide) groups is 1. The lowest BCUT2D eigenvalue weighted by molar-refractivity contribution is -0.136. The highest BCUT2D eigenvalue weighted by molar-refractivity contribution is 8.01. The normalized spacial score (nSPS) is 10.7. The van der Waals surface area contributed by atoms with Crippen LogP contribution in [0.5, 0.6) is 0 Å². The Hall–Kier alpha value is -1.14. The molecule has 6 heteroatoms. The fourth-order valence-corrected chi connectivity index (χ4v) is 3.02. The first kappa shape index (κ1) is 10.4. The largest absolute Gasteiger partial charge is 0.481 e. The van der Waals surface area contributed by atoms with Crippen molar-refractivity contribution in [2.45, 2.75) is 10.8 Å². The van der Waals surface area contributed by atoms with Gasteiger partial charge in [-0.25, -0.2) is 9.97 Å². The second-order valence-corrected chi connectivity index (χ2v) is 5.12. The van der Waals surface area contributed by atoms with E-state index in [1.165, 1.54) is 23.1 Å². The minimum atomic E-state index is -0.776. The first-order valence-electron chi connectivity index (χ1n) is 4.32. The van der Waals surface area contributed by atoms with Gasteiger partial charge in [0, 0.05) is 11.9 Å². The topological polar surface area (TPSA) is 63.1 Å². The number of carboxylic acids is 1. The highest BCUT2D eigenvalue weighted by Gasteiger charge is 2.05. The van der Waals surface area contributed by atoms with Gasteiger partial charge < -0.3 is 5.11 Å². The lowest BCUT2D eigenvalue weighted by Crippen LogP contribution is -1.95. The lowest BCUT2D eigenvalue weighted by Gasteiger charge is -1.91. The summed E-state index contributed by atoms with van der Waals surface area (Å²) >= 11 is 2.96. The van der Waals surface area contributed by atoms with E-state index in [0.29, 0.717) is 5.75 Å². The van der Waals surface area contributed by atoms with Gasteiger partial charge in [0.05, 0.1) is 6.42 Å². The zero-order valence-corrected chi connectivity index (χ0v) is 9.35. The summed E-state index contributed by atoms with van der Waals surface area (Å²) in [6.07, 6.45) is 1.89. The van der Waals surface area contributed by atoms with Gasteiger partial charge >= 0.3 is 5.97 Å². The zero-order valence-electron chi connectivity index (χ0n) is 7.71. The van der Waals surface area contributed by atoms with E-state index in [2.05, 4.69) is 9.97 Å². The molecule has 0 bridgehead atoms. The van der Waals surface area contributed by atoms with Crippen LogP contribution >= 0.6 is 23.1 Å². The van der Waals surface area contributed by atoms with Gasteiger partial charge in [0.2, 0.25) is 0 Å². The van der Waals surface area contributed by atoms with Crippen LogP contribution in [0, 0.1) is 0 Å². The molecule has 2 rings (SSSR count). The molecular weight excluding hydrogens is 232 g/mol. The zero-order chi connectivity index (χ0) is 10.7. The molecule has 0 saturated carbocycles. The number of rotatable bonds is 4. The Morgan fingerprint density at radius 1 is 1.60 bits per heavy atom. The minimum absolute atomic E-state index is 0.161. The summed E-state index contributed by atoms with van der Waals surface area (Å²) in [5.74, 6) is -0.225. The number of pyridine rings is 1. The van der Waals surface area contributed by atoms with Gasteiger partial charge in [-0.2, -0.15) is 0 Å². The van der Waals surface area contributed by atoms with Crippen LogP contribution in [-0.2, 0) is 4.79 Å². The Labute approximate surface area is 94.4 Å². The SMILES string of the molecule is O=C(O)CCSc1nc2cccnc2s1. The van der Waals surface area contributed by atoms with Crippen molar-refractivity contribution < 1.29 is 9.90 Å². The maximum atomic E-state index is 10.3. The standard InChI is InChI=1S/C9H8N2O2S2/c12-7(13)3-5-14-9-11-6-2-1-4-10-8(6)15-9/h1-2,4H,3,5H2,(H,12,13). The van der Waals surface area contributed by atoms with Crippen molar-refractivity contribution in [2.24, 2.45) is 0 Å². The van der Waals surface area contributed by atoms with Gasteiger partial charge in [-0.15, -0.1) is 0 Å². The molecule has 0 aliphatic rings. The molecule has 0 fully saturated rings. The highest BCUT2D eigenvalue weighted by atomic mass is 32.2. The molecule has 4 nitrogen and oxygen atoms in total. The van der Waals surface area contributed by atoms with Crippen molar-refractivity contribution in [3.05, 3.63) is 18.3 Å². The second kappa shape index (κ2) is 4.59. The Kier molecular flexibility index (Phi) is 3.17. The molecule has 0 amide bonds. The Morgan fingerprint density at radius 2 is 2.47 bits per heavy atom. The number of carbonyl (C=O) groups is 1. The van der Waals surface area contributed by atoms with Gasteiger partial charge in [-0.3, -0.25) is 4.79 Å². The summed E-state index contributed by atoms with van der Waals surface area (Å²) in [4.78, 5) is 19.7. The van der Waals surface area contributed by atoms with E-state index >= 15 is 0 Å². The molecule has 78 valence electrons. The summed E-state index contributed by atoms with van der Waals surface area (Å²) in [7, 11) is 0. The van der Waals surface area contributed by atoms with Crippen LogP contribution in [0.25, 0.3) is 10.3 Å². The number of carboxylic acid groups (broad SMARTS) is 1. The number of hydrogen-bond acceptors (Lipinski definition) is 5. The molecule has 0 spiro atoms. The third-order valence-corrected chi connectivity index (χ3v) is 3.81. The van der Waals surface area contributed by atoms with Gasteiger partial charge in [-0.05, 0) is 12.1 Å². The minimum Gasteiger partial charge on any atom is -0.481 e. The maximum absolute atomic E-state index is 10.3. The molecule has 15 heavy (non-hydrogen) atoms. The van der Waals surface area contributed by atoms with Gasteiger partial charge in [0.25, 0.3) is 0 Å². The fourth-order valence-electron chi connectivity index (χ4n) is 1.04. The summed E-state index contributed by atoms with van der Waals surface area (Å²) in [5.41, 5.74) is 0.875. The van der Waals surface area contributed by atoms with Gasteiger partial charge in [0.15, 0.2) is 4.34 Å². The highest BCUT2D eigenvalue weighted by Crippen LogP contribution is 2.28. The lowest BCUT2D eigenvalue weighted by atomic mass is 10.5. The van der Waals surface area contributed by atoms with Crippen LogP contribution in [0.15, 0.2) is 22.7 Å². The molecule has 0 atom stereocenters. The third-order valence-electron chi connectivity index (χ3n) is 1.69. The van der Waals surface area contributed by atoms with Crippen molar-refractivity contribution in [2.75, 3.05) is 5.75 Å². The van der Waals surface area contributed by atoms with E-state index in [9.17, 15) is 4.79 Å². The smallest absolute Gasteiger partial charge is 0.304 e. The number of aromatic nitrogens is 2. The molecule has 0 aliphatic carbocycles. The van der Waals surface area contributed by atoms with Crippen LogP contribution < -0.4 is 0 Å². The molecule has 2 heterocycles. The number of fused-ring (bicyclic) bond motifs is 1. The Morgan fingerprint density at radius 3 is 3.20 bits per heavy atom. The summed E-state index contributed by atoms with van der Waals surface area (Å²) in [5, 5.41) is 8.49. The van der Waals surface area contributed by atoms with Crippen LogP contribution in [0.3, 0.4) is 0 Å². The average molecular weight is 240 g/mol. The molecule has 2 aromatic heterocycles. The van der Waals surface area contributed by atoms with Crippen molar-refractivity contribution >= 4 is 39.4 Å². The van der Waals surface area contributed by atoms with Crippen molar-refractivity contribution in [3.63, 3.8) is 0 Å². The maximum Gasteiger partial charge on any atom is 0.304 e. The molecule has 2 aromatic rings. The molecule has 0 saturated heterocycles. The van der Waals surface area contributed by atoms with Crippen molar-refractivity contribution in [3.8, 4) is 0 Å². The molecule has 0 unspecified atom stereocenters. The number of hydrogen-bond donors (Lipinski definition) is 1. The van der Waals surface area contributed by atoms with Crippen molar-refractivity contribution in [1.29, 1.82) is 0 Å².